The maximum Gasteiger partial charge on any atom is 0.318 e. The molecule has 1 aromatic heterocycles. The average Bonchev–Trinajstić information content (AvgIpc) is 2.04. The van der Waals surface area contributed by atoms with Gasteiger partial charge >= 0.3 is 5.24 Å². The highest BCUT2D eigenvalue weighted by Crippen LogP contribution is 2.03. The number of rotatable bonds is 1. The van der Waals surface area contributed by atoms with Crippen LogP contribution in [0.3, 0.4) is 0 Å². The standard InChI is InChI=1S/C7H9N3O2S/c1-13(8,12)7(11)10-6-3-2-4-9-5-6/h2-5H,1H2,(H2,8,12)(H,10,11). The van der Waals surface area contributed by atoms with Crippen molar-refractivity contribution < 1.29 is 9.00 Å². The number of hydrogen-bond donors (Lipinski definition) is 2. The molecule has 1 heterocycles. The Balaban J connectivity index is 2.78. The molecule has 0 saturated carbocycles. The van der Waals surface area contributed by atoms with Crippen LogP contribution < -0.4 is 10.5 Å². The third-order valence-corrected chi connectivity index (χ3v) is 1.95. The monoisotopic (exact) mass is 199 g/mol. The summed E-state index contributed by atoms with van der Waals surface area (Å²) in [7, 11) is -3.18. The molecule has 0 radical (unpaired) electrons. The van der Waals surface area contributed by atoms with Gasteiger partial charge in [0.1, 0.15) is 9.71 Å². The van der Waals surface area contributed by atoms with E-state index >= 15 is 0 Å². The van der Waals surface area contributed by atoms with Crippen molar-refractivity contribution in [3.8, 4) is 0 Å². The number of carbonyl (C=O) groups excluding carboxylic acids is 1. The fraction of sp³-hybridized carbons (Fsp3) is 0. The second-order valence-electron chi connectivity index (χ2n) is 2.38. The molecule has 6 heteroatoms. The molecule has 1 unspecified atom stereocenters. The minimum Gasteiger partial charge on any atom is -0.313 e. The van der Waals surface area contributed by atoms with Crippen LogP contribution in [-0.4, -0.2) is 20.3 Å². The van der Waals surface area contributed by atoms with Gasteiger partial charge in [-0.25, -0.2) is 4.21 Å². The van der Waals surface area contributed by atoms with Crippen molar-refractivity contribution in [2.24, 2.45) is 5.14 Å². The molecule has 0 aliphatic carbocycles. The van der Waals surface area contributed by atoms with Gasteiger partial charge < -0.3 is 5.32 Å². The first-order chi connectivity index (χ1) is 6.00. The van der Waals surface area contributed by atoms with E-state index in [1.807, 2.05) is 0 Å². The van der Waals surface area contributed by atoms with Gasteiger partial charge in [-0.3, -0.25) is 14.9 Å². The predicted molar refractivity (Wildman–Crippen MR) is 52.7 cm³/mol. The summed E-state index contributed by atoms with van der Waals surface area (Å²) in [5.41, 5.74) is 0.439. The Morgan fingerprint density at radius 2 is 2.38 bits per heavy atom. The minimum absolute atomic E-state index is 0.439. The van der Waals surface area contributed by atoms with Crippen molar-refractivity contribution in [2.45, 2.75) is 0 Å². The molecular formula is C7H9N3O2S. The maximum absolute atomic E-state index is 11.0. The van der Waals surface area contributed by atoms with Gasteiger partial charge in [0.25, 0.3) is 0 Å². The summed E-state index contributed by atoms with van der Waals surface area (Å²) in [6.45, 7) is 0. The fourth-order valence-corrected chi connectivity index (χ4v) is 0.932. The van der Waals surface area contributed by atoms with Crippen LogP contribution >= 0.6 is 0 Å². The fourth-order valence-electron chi connectivity index (χ4n) is 0.641. The van der Waals surface area contributed by atoms with Crippen molar-refractivity contribution in [1.29, 1.82) is 0 Å². The smallest absolute Gasteiger partial charge is 0.313 e. The third kappa shape index (κ3) is 2.85. The minimum atomic E-state index is -3.18. The van der Waals surface area contributed by atoms with Crippen LogP contribution in [-0.2, 0) is 9.71 Å². The highest BCUT2D eigenvalue weighted by Gasteiger charge is 2.09. The molecule has 1 rings (SSSR count). The van der Waals surface area contributed by atoms with Crippen molar-refractivity contribution in [3.63, 3.8) is 0 Å². The van der Waals surface area contributed by atoms with E-state index < -0.39 is 14.9 Å². The Morgan fingerprint density at radius 3 is 2.85 bits per heavy atom. The van der Waals surface area contributed by atoms with Crippen molar-refractivity contribution in [3.05, 3.63) is 24.5 Å². The van der Waals surface area contributed by atoms with Crippen LogP contribution in [0.2, 0.25) is 0 Å². The molecule has 0 aliphatic heterocycles. The molecule has 0 aromatic carbocycles. The maximum atomic E-state index is 11.0. The highest BCUT2D eigenvalue weighted by atomic mass is 32.2. The first-order valence-electron chi connectivity index (χ1n) is 3.36. The van der Waals surface area contributed by atoms with E-state index in [2.05, 4.69) is 16.2 Å². The molecule has 1 aromatic rings. The number of hydrogen-bond acceptors (Lipinski definition) is 3. The van der Waals surface area contributed by atoms with Gasteiger partial charge in [0.15, 0.2) is 0 Å². The van der Waals surface area contributed by atoms with Crippen LogP contribution in [0.4, 0.5) is 10.5 Å². The van der Waals surface area contributed by atoms with Crippen LogP contribution in [0.25, 0.3) is 0 Å². The Morgan fingerprint density at radius 1 is 1.69 bits per heavy atom. The highest BCUT2D eigenvalue weighted by molar-refractivity contribution is 8.12. The van der Waals surface area contributed by atoms with Crippen LogP contribution in [0.5, 0.6) is 0 Å². The third-order valence-electron chi connectivity index (χ3n) is 1.22. The van der Waals surface area contributed by atoms with E-state index in [1.54, 1.807) is 18.3 Å². The lowest BCUT2D eigenvalue weighted by Gasteiger charge is -2.03. The molecule has 0 fully saturated rings. The van der Waals surface area contributed by atoms with Gasteiger partial charge in [-0.15, -0.1) is 0 Å². The van der Waals surface area contributed by atoms with E-state index in [0.29, 0.717) is 5.69 Å². The Kier molecular flexibility index (Phi) is 2.64. The van der Waals surface area contributed by atoms with Gasteiger partial charge in [0, 0.05) is 6.20 Å². The Labute approximate surface area is 76.1 Å². The summed E-state index contributed by atoms with van der Waals surface area (Å²) < 4.78 is 10.9. The zero-order valence-electron chi connectivity index (χ0n) is 6.77. The average molecular weight is 199 g/mol. The van der Waals surface area contributed by atoms with E-state index in [0.717, 1.165) is 0 Å². The molecule has 1 amide bonds. The summed E-state index contributed by atoms with van der Waals surface area (Å²) in [5, 5.41) is 6.52. The largest absolute Gasteiger partial charge is 0.318 e. The molecule has 0 aliphatic rings. The Hall–Kier alpha value is -1.40. The van der Waals surface area contributed by atoms with Crippen LogP contribution in [0.15, 0.2) is 24.5 Å². The second-order valence-corrected chi connectivity index (χ2v) is 4.20. The number of aromatic nitrogens is 1. The van der Waals surface area contributed by atoms with Gasteiger partial charge in [-0.2, -0.15) is 0 Å². The van der Waals surface area contributed by atoms with Crippen LogP contribution in [0, 0.1) is 0 Å². The first kappa shape index (κ1) is 9.69. The zero-order valence-corrected chi connectivity index (χ0v) is 7.58. The summed E-state index contributed by atoms with van der Waals surface area (Å²) in [6.07, 6.45) is 2.97. The number of nitrogens with zero attached hydrogens (tertiary/aromatic N) is 1. The predicted octanol–water partition coefficient (Wildman–Crippen LogP) is 0.204. The number of anilines is 1. The molecule has 0 saturated heterocycles. The van der Waals surface area contributed by atoms with Crippen molar-refractivity contribution in [2.75, 3.05) is 5.32 Å². The van der Waals surface area contributed by atoms with E-state index in [-0.39, 0.29) is 0 Å². The number of nitrogens with one attached hydrogen (secondary N) is 1. The molecular weight excluding hydrogens is 190 g/mol. The quantitative estimate of drug-likeness (QED) is 0.634. The van der Waals surface area contributed by atoms with E-state index in [9.17, 15) is 9.00 Å². The lowest BCUT2D eigenvalue weighted by atomic mass is 10.4. The summed E-state index contributed by atoms with van der Waals surface area (Å²) in [6, 6.07) is 3.24. The molecule has 3 N–H and O–H groups in total. The lowest BCUT2D eigenvalue weighted by molar-refractivity contribution is 0.268. The molecule has 0 spiro atoms. The topological polar surface area (TPSA) is 85.1 Å². The van der Waals surface area contributed by atoms with Gasteiger partial charge in [-0.1, -0.05) is 0 Å². The van der Waals surface area contributed by atoms with E-state index in [1.165, 1.54) is 6.20 Å². The lowest BCUT2D eigenvalue weighted by Crippen LogP contribution is -2.27. The molecule has 5 nitrogen and oxygen atoms in total. The summed E-state index contributed by atoms with van der Waals surface area (Å²) in [4.78, 5) is 14.8. The molecule has 0 bridgehead atoms. The van der Waals surface area contributed by atoms with Crippen molar-refractivity contribution in [1.82, 2.24) is 4.98 Å². The van der Waals surface area contributed by atoms with Crippen LogP contribution in [0.1, 0.15) is 0 Å². The number of pyridine rings is 1. The van der Waals surface area contributed by atoms with Gasteiger partial charge in [0.2, 0.25) is 0 Å². The van der Waals surface area contributed by atoms with Gasteiger partial charge in [-0.05, 0) is 18.0 Å². The SMILES string of the molecule is C=S(N)(=O)C(=O)Nc1cccnc1. The molecule has 1 atom stereocenters. The Bertz CT molecular complexity index is 399. The number of nitrogens with two attached hydrogens (primary N) is 1. The molecule has 70 valence electrons. The number of amides is 1. The van der Waals surface area contributed by atoms with Gasteiger partial charge in [0.05, 0.1) is 11.9 Å². The second kappa shape index (κ2) is 3.55. The zero-order chi connectivity index (χ0) is 9.90. The summed E-state index contributed by atoms with van der Waals surface area (Å²) >= 11 is 0. The number of carbonyl (C=O) groups is 1. The van der Waals surface area contributed by atoms with E-state index in [4.69, 9.17) is 5.14 Å². The normalized spacial score (nSPS) is 14.5. The van der Waals surface area contributed by atoms with Crippen molar-refractivity contribution >= 4 is 26.5 Å². The first-order valence-corrected chi connectivity index (χ1v) is 5.15. The summed E-state index contributed by atoms with van der Waals surface area (Å²) in [5.74, 6) is 3.04. The molecule has 13 heavy (non-hydrogen) atoms.